The first-order chi connectivity index (χ1) is 29.6. The summed E-state index contributed by atoms with van der Waals surface area (Å²) in [5, 5.41) is 16.6. The molecule has 8 nitrogen and oxygen atoms in total. The molecule has 2 amide bonds. The van der Waals surface area contributed by atoms with Gasteiger partial charge >= 0.3 is 0 Å². The molecule has 8 rings (SSSR count). The third-order valence-corrected chi connectivity index (χ3v) is 12.3. The number of nitrogens with one attached hydrogen (secondary N) is 2. The Kier molecular flexibility index (Phi) is 12.7. The lowest BCUT2D eigenvalue weighted by molar-refractivity contribution is -0.129. The molecule has 2 heterocycles. The van der Waals surface area contributed by atoms with Gasteiger partial charge in [-0.25, -0.2) is 0 Å². The lowest BCUT2D eigenvalue weighted by Crippen LogP contribution is -2.53. The van der Waals surface area contributed by atoms with Crippen LogP contribution in [0.2, 0.25) is 10.0 Å². The first-order valence-corrected chi connectivity index (χ1v) is 21.4. The van der Waals surface area contributed by atoms with Crippen molar-refractivity contribution in [1.82, 2.24) is 10.2 Å². The van der Waals surface area contributed by atoms with Crippen LogP contribution in [-0.4, -0.2) is 34.9 Å². The first-order valence-electron chi connectivity index (χ1n) is 20.6. The number of anilines is 1. The van der Waals surface area contributed by atoms with E-state index in [0.29, 0.717) is 65.2 Å². The third kappa shape index (κ3) is 9.77. The topological polar surface area (TPSA) is 104 Å². The number of hydrogen-bond donors (Lipinski definition) is 2. The van der Waals surface area contributed by atoms with Gasteiger partial charge in [-0.1, -0.05) is 115 Å². The van der Waals surface area contributed by atoms with Crippen LogP contribution in [-0.2, 0) is 42.0 Å². The standard InChI is InChI=1S/C51H46Cl2N4O4/c1-3-46(39-7-5-4-6-8-39)57-30-41-28-48-45(56-51(59)49(61-48)25-34-13-20-42(21-14-34)60-31-36-15-22-43(52)44(53)24-36)26-40(41)27-47(57)50(58)55-32(2)23-33-9-16-37(17-10-33)38-18-11-35(29-54)12-19-38/h4-22,24,26,28,32,46-47,49H,3,23,25,27,30-31H2,1-2H3,(H,55,58)(H,56,59)/t32-,46?,47?,49-/m0/s1. The Morgan fingerprint density at radius 2 is 1.56 bits per heavy atom. The average molecular weight is 850 g/mol. The molecule has 0 aliphatic carbocycles. The summed E-state index contributed by atoms with van der Waals surface area (Å²) in [5.74, 6) is 1.08. The number of amides is 2. The molecule has 0 saturated carbocycles. The molecule has 0 saturated heterocycles. The van der Waals surface area contributed by atoms with Gasteiger partial charge in [-0.15, -0.1) is 0 Å². The number of benzene rings is 6. The molecule has 0 spiro atoms. The number of nitriles is 1. The van der Waals surface area contributed by atoms with Crippen LogP contribution in [0, 0.1) is 11.3 Å². The van der Waals surface area contributed by atoms with Crippen molar-refractivity contribution in [3.8, 4) is 28.7 Å². The third-order valence-electron chi connectivity index (χ3n) is 11.5. The monoisotopic (exact) mass is 848 g/mol. The SMILES string of the molecule is CCC(c1ccccc1)N1Cc2cc3c(cc2CC1C(=O)N[C@@H](C)Cc1ccc(-c2ccc(C#N)cc2)cc1)NC(=O)[C@H](Cc1ccc(OCc2ccc(Cl)c(Cl)c2)cc1)O3. The summed E-state index contributed by atoms with van der Waals surface area (Å²) >= 11 is 12.2. The van der Waals surface area contributed by atoms with Crippen molar-refractivity contribution < 1.29 is 19.1 Å². The van der Waals surface area contributed by atoms with Gasteiger partial charge < -0.3 is 20.1 Å². The van der Waals surface area contributed by atoms with Crippen LogP contribution in [0.3, 0.4) is 0 Å². The molecule has 308 valence electrons. The highest BCUT2D eigenvalue weighted by atomic mass is 35.5. The lowest BCUT2D eigenvalue weighted by Gasteiger charge is -2.42. The van der Waals surface area contributed by atoms with Crippen LogP contribution in [0.5, 0.6) is 11.5 Å². The van der Waals surface area contributed by atoms with E-state index in [9.17, 15) is 9.59 Å². The number of fused-ring (bicyclic) bond motifs is 2. The van der Waals surface area contributed by atoms with Gasteiger partial charge in [0.25, 0.3) is 5.91 Å². The molecule has 61 heavy (non-hydrogen) atoms. The van der Waals surface area contributed by atoms with Crippen LogP contribution in [0.25, 0.3) is 11.1 Å². The maximum Gasteiger partial charge on any atom is 0.265 e. The maximum atomic E-state index is 14.4. The zero-order chi connectivity index (χ0) is 42.5. The van der Waals surface area contributed by atoms with Crippen molar-refractivity contribution in [2.75, 3.05) is 5.32 Å². The predicted octanol–water partition coefficient (Wildman–Crippen LogP) is 10.7. The van der Waals surface area contributed by atoms with Gasteiger partial charge in [-0.3, -0.25) is 14.5 Å². The molecule has 2 aliphatic rings. The fourth-order valence-electron chi connectivity index (χ4n) is 8.34. The van der Waals surface area contributed by atoms with Crippen molar-refractivity contribution in [3.05, 3.63) is 182 Å². The zero-order valence-corrected chi connectivity index (χ0v) is 35.5. The highest BCUT2D eigenvalue weighted by molar-refractivity contribution is 6.42. The van der Waals surface area contributed by atoms with Crippen LogP contribution in [0.4, 0.5) is 5.69 Å². The molecule has 0 aromatic heterocycles. The summed E-state index contributed by atoms with van der Waals surface area (Å²) in [6.45, 7) is 5.10. The Balaban J connectivity index is 0.955. The number of hydrogen-bond acceptors (Lipinski definition) is 6. The Hall–Kier alpha value is -6.11. The second kappa shape index (κ2) is 18.7. The van der Waals surface area contributed by atoms with Crippen molar-refractivity contribution in [2.24, 2.45) is 0 Å². The van der Waals surface area contributed by atoms with E-state index in [1.807, 2.05) is 91.9 Å². The largest absolute Gasteiger partial charge is 0.489 e. The van der Waals surface area contributed by atoms with Gasteiger partial charge in [-0.2, -0.15) is 5.26 Å². The summed E-state index contributed by atoms with van der Waals surface area (Å²) < 4.78 is 12.4. The minimum absolute atomic E-state index is 0.00974. The highest BCUT2D eigenvalue weighted by Gasteiger charge is 2.38. The van der Waals surface area contributed by atoms with Crippen LogP contribution < -0.4 is 20.1 Å². The van der Waals surface area contributed by atoms with Crippen molar-refractivity contribution in [1.29, 1.82) is 5.26 Å². The number of halogens is 2. The fraction of sp³-hybridized carbons (Fsp3) is 0.235. The minimum atomic E-state index is -0.715. The van der Waals surface area contributed by atoms with E-state index in [1.54, 1.807) is 12.1 Å². The molecular weight excluding hydrogens is 803 g/mol. The van der Waals surface area contributed by atoms with Gasteiger partial charge in [0.15, 0.2) is 6.10 Å². The van der Waals surface area contributed by atoms with Gasteiger partial charge in [0, 0.05) is 25.0 Å². The summed E-state index contributed by atoms with van der Waals surface area (Å²) in [6, 6.07) is 45.0. The number of rotatable bonds is 13. The van der Waals surface area contributed by atoms with E-state index in [2.05, 4.69) is 64.9 Å². The van der Waals surface area contributed by atoms with E-state index < -0.39 is 12.1 Å². The predicted molar refractivity (Wildman–Crippen MR) is 241 cm³/mol. The normalized spacial score (nSPS) is 16.8. The molecule has 6 aromatic carbocycles. The summed E-state index contributed by atoms with van der Waals surface area (Å²) in [7, 11) is 0. The number of nitrogens with zero attached hydrogens (tertiary/aromatic N) is 2. The zero-order valence-electron chi connectivity index (χ0n) is 34.0. The first kappa shape index (κ1) is 41.6. The van der Waals surface area contributed by atoms with Gasteiger partial charge in [-0.05, 0) is 119 Å². The van der Waals surface area contributed by atoms with E-state index in [4.69, 9.17) is 37.9 Å². The molecular formula is C51H46Cl2N4O4. The number of ether oxygens (including phenoxy) is 2. The van der Waals surface area contributed by atoms with E-state index in [-0.39, 0.29) is 23.9 Å². The molecule has 2 N–H and O–H groups in total. The highest BCUT2D eigenvalue weighted by Crippen LogP contribution is 2.40. The fourth-order valence-corrected chi connectivity index (χ4v) is 8.66. The van der Waals surface area contributed by atoms with Crippen molar-refractivity contribution >= 4 is 40.7 Å². The Morgan fingerprint density at radius 1 is 0.869 bits per heavy atom. The van der Waals surface area contributed by atoms with Crippen molar-refractivity contribution in [3.63, 3.8) is 0 Å². The smallest absolute Gasteiger partial charge is 0.265 e. The quantitative estimate of drug-likeness (QED) is 0.120. The Bertz CT molecular complexity index is 2560. The molecule has 0 radical (unpaired) electrons. The summed E-state index contributed by atoms with van der Waals surface area (Å²) in [5.41, 5.74) is 9.59. The average Bonchev–Trinajstić information content (AvgIpc) is 3.27. The lowest BCUT2D eigenvalue weighted by atomic mass is 9.88. The molecule has 0 bridgehead atoms. The maximum absolute atomic E-state index is 14.4. The van der Waals surface area contributed by atoms with Crippen molar-refractivity contribution in [2.45, 2.75) is 76.9 Å². The molecule has 6 aromatic rings. The molecule has 2 unspecified atom stereocenters. The van der Waals surface area contributed by atoms with E-state index in [1.165, 1.54) is 0 Å². The Labute approximate surface area is 367 Å². The number of carbonyl (C=O) groups excluding carboxylic acids is 2. The summed E-state index contributed by atoms with van der Waals surface area (Å²) in [6.07, 6.45) is 1.66. The van der Waals surface area contributed by atoms with Crippen LogP contribution >= 0.6 is 23.2 Å². The molecule has 4 atom stereocenters. The number of carbonyl (C=O) groups is 2. The van der Waals surface area contributed by atoms with E-state index in [0.717, 1.165) is 50.9 Å². The second-order valence-electron chi connectivity index (χ2n) is 15.8. The van der Waals surface area contributed by atoms with Gasteiger partial charge in [0.05, 0.1) is 33.4 Å². The summed E-state index contributed by atoms with van der Waals surface area (Å²) in [4.78, 5) is 30.1. The van der Waals surface area contributed by atoms with Gasteiger partial charge in [0.2, 0.25) is 5.91 Å². The molecule has 2 aliphatic heterocycles. The Morgan fingerprint density at radius 3 is 2.25 bits per heavy atom. The molecule has 0 fully saturated rings. The van der Waals surface area contributed by atoms with Crippen LogP contribution in [0.1, 0.15) is 65.3 Å². The molecule has 10 heteroatoms. The second-order valence-corrected chi connectivity index (χ2v) is 16.6. The van der Waals surface area contributed by atoms with Gasteiger partial charge in [0.1, 0.15) is 18.1 Å². The minimum Gasteiger partial charge on any atom is -0.489 e. The van der Waals surface area contributed by atoms with Crippen LogP contribution in [0.15, 0.2) is 133 Å². The van der Waals surface area contributed by atoms with E-state index >= 15 is 0 Å².